The highest BCUT2D eigenvalue weighted by atomic mass is 79.9. The van der Waals surface area contributed by atoms with Gasteiger partial charge in [-0.1, -0.05) is 5.16 Å². The summed E-state index contributed by atoms with van der Waals surface area (Å²) in [5.74, 6) is -1.04. The second-order valence-corrected chi connectivity index (χ2v) is 3.66. The molecule has 0 atom stereocenters. The van der Waals surface area contributed by atoms with Crippen molar-refractivity contribution in [2.75, 3.05) is 5.73 Å². The Bertz CT molecular complexity index is 493. The third-order valence-corrected chi connectivity index (χ3v) is 2.55. The summed E-state index contributed by atoms with van der Waals surface area (Å²) in [5, 5.41) is 3.46. The highest BCUT2D eigenvalue weighted by Crippen LogP contribution is 2.32. The summed E-state index contributed by atoms with van der Waals surface area (Å²) in [6.07, 6.45) is 0. The van der Waals surface area contributed by atoms with Crippen molar-refractivity contribution in [2.45, 2.75) is 0 Å². The van der Waals surface area contributed by atoms with Crippen LogP contribution in [0.5, 0.6) is 0 Å². The molecule has 1 heterocycles. The average molecular weight is 275 g/mol. The first kappa shape index (κ1) is 10.1. The molecule has 3 nitrogen and oxygen atoms in total. The Kier molecular flexibility index (Phi) is 2.44. The summed E-state index contributed by atoms with van der Waals surface area (Å²) in [5.41, 5.74) is 5.65. The molecule has 6 heteroatoms. The zero-order chi connectivity index (χ0) is 11.0. The van der Waals surface area contributed by atoms with E-state index < -0.39 is 11.6 Å². The molecule has 0 aliphatic heterocycles. The lowest BCUT2D eigenvalue weighted by atomic mass is 10.1. The van der Waals surface area contributed by atoms with Crippen LogP contribution in [0.15, 0.2) is 27.2 Å². The number of aromatic nitrogens is 1. The van der Waals surface area contributed by atoms with E-state index in [1.165, 1.54) is 0 Å². The Morgan fingerprint density at radius 1 is 1.20 bits per heavy atom. The minimum absolute atomic E-state index is 0.134. The number of nitrogens with two attached hydrogens (primary N) is 1. The fraction of sp³-hybridized carbons (Fsp3) is 0. The predicted molar refractivity (Wildman–Crippen MR) is 54.0 cm³/mol. The number of nitrogens with zero attached hydrogens (tertiary/aromatic N) is 1. The van der Waals surface area contributed by atoms with Gasteiger partial charge in [-0.2, -0.15) is 0 Å². The van der Waals surface area contributed by atoms with Crippen molar-refractivity contribution in [3.63, 3.8) is 0 Å². The highest BCUT2D eigenvalue weighted by molar-refractivity contribution is 9.10. The van der Waals surface area contributed by atoms with Crippen LogP contribution in [0.25, 0.3) is 11.3 Å². The first-order valence-corrected chi connectivity index (χ1v) is 4.74. The summed E-state index contributed by atoms with van der Waals surface area (Å²) in [6.45, 7) is 0. The van der Waals surface area contributed by atoms with E-state index in [0.29, 0.717) is 4.47 Å². The Hall–Kier alpha value is -1.43. The maximum absolute atomic E-state index is 12.9. The molecule has 1 aromatic carbocycles. The van der Waals surface area contributed by atoms with Gasteiger partial charge in [-0.3, -0.25) is 0 Å². The molecule has 0 fully saturated rings. The van der Waals surface area contributed by atoms with E-state index >= 15 is 0 Å². The van der Waals surface area contributed by atoms with Crippen LogP contribution < -0.4 is 5.73 Å². The lowest BCUT2D eigenvalue weighted by Crippen LogP contribution is -1.85. The Morgan fingerprint density at radius 2 is 1.80 bits per heavy atom. The van der Waals surface area contributed by atoms with Gasteiger partial charge in [0.1, 0.15) is 16.1 Å². The molecule has 0 bridgehead atoms. The number of anilines is 1. The fourth-order valence-electron chi connectivity index (χ4n) is 1.16. The van der Waals surface area contributed by atoms with Crippen LogP contribution in [-0.4, -0.2) is 5.16 Å². The molecular weight excluding hydrogens is 270 g/mol. The second-order valence-electron chi connectivity index (χ2n) is 2.87. The molecule has 1 aromatic heterocycles. The van der Waals surface area contributed by atoms with E-state index in [9.17, 15) is 8.78 Å². The van der Waals surface area contributed by atoms with Crippen LogP contribution in [-0.2, 0) is 0 Å². The standard InChI is InChI=1S/C9H5BrF2N2O/c10-7-8(15-14-9(7)13)4-1-5(11)3-6(12)2-4/h1-3H,(H2,13,14). The molecule has 0 amide bonds. The number of rotatable bonds is 1. The van der Waals surface area contributed by atoms with Crippen LogP contribution in [0.2, 0.25) is 0 Å². The summed E-state index contributed by atoms with van der Waals surface area (Å²) in [4.78, 5) is 0. The van der Waals surface area contributed by atoms with E-state index in [4.69, 9.17) is 10.3 Å². The number of nitrogen functional groups attached to an aromatic ring is 1. The van der Waals surface area contributed by atoms with Crippen LogP contribution in [0.1, 0.15) is 0 Å². The lowest BCUT2D eigenvalue weighted by Gasteiger charge is -1.97. The maximum Gasteiger partial charge on any atom is 0.183 e. The smallest absolute Gasteiger partial charge is 0.183 e. The first-order valence-electron chi connectivity index (χ1n) is 3.95. The van der Waals surface area contributed by atoms with E-state index in [0.717, 1.165) is 18.2 Å². The highest BCUT2D eigenvalue weighted by Gasteiger charge is 2.14. The van der Waals surface area contributed by atoms with Crippen LogP contribution in [0.4, 0.5) is 14.6 Å². The normalized spacial score (nSPS) is 10.6. The van der Waals surface area contributed by atoms with Crippen molar-refractivity contribution in [2.24, 2.45) is 0 Å². The Labute approximate surface area is 92.0 Å². The van der Waals surface area contributed by atoms with Crippen LogP contribution in [0, 0.1) is 11.6 Å². The van der Waals surface area contributed by atoms with Gasteiger partial charge in [0, 0.05) is 11.6 Å². The zero-order valence-corrected chi connectivity index (χ0v) is 8.88. The summed E-state index contributed by atoms with van der Waals surface area (Å²) in [7, 11) is 0. The average Bonchev–Trinajstić information content (AvgIpc) is 2.46. The number of hydrogen-bond donors (Lipinski definition) is 1. The third kappa shape index (κ3) is 1.85. The van der Waals surface area contributed by atoms with Gasteiger partial charge in [0.2, 0.25) is 0 Å². The van der Waals surface area contributed by atoms with Gasteiger partial charge in [0.15, 0.2) is 11.6 Å². The number of benzene rings is 1. The van der Waals surface area contributed by atoms with Gasteiger partial charge < -0.3 is 10.3 Å². The number of hydrogen-bond acceptors (Lipinski definition) is 3. The molecule has 0 saturated heterocycles. The van der Waals surface area contributed by atoms with Crippen molar-refractivity contribution in [1.29, 1.82) is 0 Å². The molecule has 0 saturated carbocycles. The zero-order valence-electron chi connectivity index (χ0n) is 7.30. The van der Waals surface area contributed by atoms with Gasteiger partial charge in [0.05, 0.1) is 0 Å². The Morgan fingerprint density at radius 3 is 2.27 bits per heavy atom. The van der Waals surface area contributed by atoms with E-state index in [1.54, 1.807) is 0 Å². The van der Waals surface area contributed by atoms with Gasteiger partial charge >= 0.3 is 0 Å². The molecule has 0 aliphatic rings. The molecule has 2 N–H and O–H groups in total. The monoisotopic (exact) mass is 274 g/mol. The van der Waals surface area contributed by atoms with Crippen molar-refractivity contribution in [3.05, 3.63) is 34.3 Å². The van der Waals surface area contributed by atoms with Crippen molar-refractivity contribution < 1.29 is 13.3 Å². The molecule has 78 valence electrons. The van der Waals surface area contributed by atoms with Gasteiger partial charge in [-0.15, -0.1) is 0 Å². The minimum Gasteiger partial charge on any atom is -0.380 e. The molecule has 15 heavy (non-hydrogen) atoms. The van der Waals surface area contributed by atoms with Crippen molar-refractivity contribution in [3.8, 4) is 11.3 Å². The molecule has 2 rings (SSSR count). The molecule has 0 unspecified atom stereocenters. The van der Waals surface area contributed by atoms with E-state index in [2.05, 4.69) is 21.1 Å². The predicted octanol–water partition coefficient (Wildman–Crippen LogP) is 2.96. The summed E-state index contributed by atoms with van der Waals surface area (Å²) >= 11 is 3.11. The molecule has 0 radical (unpaired) electrons. The van der Waals surface area contributed by atoms with Gasteiger partial charge in [-0.25, -0.2) is 8.78 Å². The van der Waals surface area contributed by atoms with E-state index in [-0.39, 0.29) is 17.1 Å². The number of halogens is 3. The van der Waals surface area contributed by atoms with Crippen molar-refractivity contribution in [1.82, 2.24) is 5.16 Å². The van der Waals surface area contributed by atoms with Gasteiger partial charge in [0.25, 0.3) is 0 Å². The van der Waals surface area contributed by atoms with Crippen molar-refractivity contribution >= 4 is 21.7 Å². The SMILES string of the molecule is Nc1noc(-c2cc(F)cc(F)c2)c1Br. The quantitative estimate of drug-likeness (QED) is 0.870. The van der Waals surface area contributed by atoms with Crippen LogP contribution in [0.3, 0.4) is 0 Å². The van der Waals surface area contributed by atoms with Gasteiger partial charge in [-0.05, 0) is 28.1 Å². The first-order chi connectivity index (χ1) is 7.08. The summed E-state index contributed by atoms with van der Waals surface area (Å²) in [6, 6.07) is 3.04. The summed E-state index contributed by atoms with van der Waals surface area (Å²) < 4.78 is 31.0. The van der Waals surface area contributed by atoms with Crippen LogP contribution >= 0.6 is 15.9 Å². The minimum atomic E-state index is -0.688. The third-order valence-electron chi connectivity index (χ3n) is 1.78. The maximum atomic E-state index is 12.9. The molecule has 0 spiro atoms. The largest absolute Gasteiger partial charge is 0.380 e. The molecular formula is C9H5BrF2N2O. The second kappa shape index (κ2) is 3.62. The van der Waals surface area contributed by atoms with E-state index in [1.807, 2.05) is 0 Å². The topological polar surface area (TPSA) is 52.0 Å². The molecule has 0 aliphatic carbocycles. The Balaban J connectivity index is 2.58. The lowest BCUT2D eigenvalue weighted by molar-refractivity contribution is 0.434. The molecule has 2 aromatic rings. The fourth-order valence-corrected chi connectivity index (χ4v) is 1.53.